The molecule has 1 aliphatic rings. The number of amides is 1. The number of nitrogens with one attached hydrogen (secondary N) is 1. The molecule has 1 atom stereocenters. The number of ether oxygens (including phenoxy) is 2. The summed E-state index contributed by atoms with van der Waals surface area (Å²) in [6, 6.07) is 15.5. The molecule has 1 aliphatic heterocycles. The molecule has 1 aromatic heterocycles. The van der Waals surface area contributed by atoms with Crippen LogP contribution < -0.4 is 14.8 Å². The number of aromatic nitrogens is 4. The summed E-state index contributed by atoms with van der Waals surface area (Å²) in [4.78, 5) is 13.5. The first-order valence-electron chi connectivity index (χ1n) is 9.62. The van der Waals surface area contributed by atoms with E-state index in [9.17, 15) is 4.79 Å². The average molecular weight is 393 g/mol. The summed E-state index contributed by atoms with van der Waals surface area (Å²) >= 11 is 0. The number of tetrazole rings is 1. The topological polar surface area (TPSA) is 91.2 Å². The molecule has 4 rings (SSSR count). The first kappa shape index (κ1) is 18.9. The summed E-state index contributed by atoms with van der Waals surface area (Å²) in [5, 5.41) is 15.1. The predicted molar refractivity (Wildman–Crippen MR) is 107 cm³/mol. The lowest BCUT2D eigenvalue weighted by molar-refractivity contribution is -0.122. The average Bonchev–Trinajstić information content (AvgIpc) is 3.20. The summed E-state index contributed by atoms with van der Waals surface area (Å²) < 4.78 is 11.5. The van der Waals surface area contributed by atoms with Gasteiger partial charge in [0.2, 0.25) is 11.7 Å². The van der Waals surface area contributed by atoms with E-state index in [1.54, 1.807) is 0 Å². The zero-order valence-corrected chi connectivity index (χ0v) is 16.4. The minimum absolute atomic E-state index is 0.0127. The molecule has 150 valence electrons. The Kier molecular flexibility index (Phi) is 5.41. The van der Waals surface area contributed by atoms with Crippen molar-refractivity contribution < 1.29 is 14.3 Å². The molecule has 8 nitrogen and oxygen atoms in total. The van der Waals surface area contributed by atoms with Crippen LogP contribution in [0.1, 0.15) is 25.3 Å². The zero-order valence-electron chi connectivity index (χ0n) is 16.4. The Labute approximate surface area is 168 Å². The molecule has 0 unspecified atom stereocenters. The molecule has 29 heavy (non-hydrogen) atoms. The Morgan fingerprint density at radius 3 is 2.69 bits per heavy atom. The third-order valence-electron chi connectivity index (χ3n) is 4.67. The Morgan fingerprint density at radius 1 is 1.17 bits per heavy atom. The molecule has 0 fully saturated rings. The van der Waals surface area contributed by atoms with Gasteiger partial charge in [-0.1, -0.05) is 50.2 Å². The second-order valence-corrected chi connectivity index (χ2v) is 7.22. The van der Waals surface area contributed by atoms with Crippen LogP contribution in [-0.2, 0) is 11.3 Å². The molecule has 1 N–H and O–H groups in total. The number of hydrogen-bond acceptors (Lipinski definition) is 6. The highest BCUT2D eigenvalue weighted by Crippen LogP contribution is 2.30. The second-order valence-electron chi connectivity index (χ2n) is 7.22. The van der Waals surface area contributed by atoms with E-state index in [1.807, 2.05) is 36.4 Å². The van der Waals surface area contributed by atoms with Crippen LogP contribution in [0.4, 0.5) is 0 Å². The smallest absolute Gasteiger partial charge is 0.243 e. The molecule has 0 aliphatic carbocycles. The molecule has 0 bridgehead atoms. The fraction of sp³-hybridized carbons (Fsp3) is 0.333. The first-order valence-corrected chi connectivity index (χ1v) is 9.62. The Balaban J connectivity index is 1.29. The molecule has 0 saturated carbocycles. The fourth-order valence-corrected chi connectivity index (χ4v) is 3.02. The quantitative estimate of drug-likeness (QED) is 0.692. The number of carbonyl (C=O) groups excluding carboxylic acids is 1. The molecule has 1 amide bonds. The van der Waals surface area contributed by atoms with Crippen LogP contribution in [-0.4, -0.2) is 45.4 Å². The van der Waals surface area contributed by atoms with Gasteiger partial charge in [0.15, 0.2) is 11.5 Å². The maximum absolute atomic E-state index is 12.2. The molecular weight excluding hydrogens is 370 g/mol. The van der Waals surface area contributed by atoms with Crippen LogP contribution in [0.25, 0.3) is 11.4 Å². The number of nitrogens with zero attached hydrogens (tertiary/aromatic N) is 4. The van der Waals surface area contributed by atoms with Crippen molar-refractivity contribution in [2.45, 2.75) is 32.4 Å². The zero-order chi connectivity index (χ0) is 20.2. The Bertz CT molecular complexity index is 984. The standard InChI is InChI=1S/C21H23N5O3/c1-14(2)15-7-9-16(10-8-15)21-23-25-26(24-21)12-20(27)22-11-17-13-28-18-5-3-4-6-19(18)29-17/h3-10,14,17H,11-13H2,1-2H3,(H,22,27)/t17-/m1/s1. The number of carbonyl (C=O) groups is 1. The van der Waals surface area contributed by atoms with Crippen molar-refractivity contribution in [1.82, 2.24) is 25.5 Å². The highest BCUT2D eigenvalue weighted by molar-refractivity contribution is 5.75. The van der Waals surface area contributed by atoms with Gasteiger partial charge in [-0.05, 0) is 28.8 Å². The van der Waals surface area contributed by atoms with E-state index in [0.717, 1.165) is 11.3 Å². The van der Waals surface area contributed by atoms with Crippen LogP contribution in [0.2, 0.25) is 0 Å². The third-order valence-corrected chi connectivity index (χ3v) is 4.67. The van der Waals surface area contributed by atoms with Gasteiger partial charge < -0.3 is 14.8 Å². The summed E-state index contributed by atoms with van der Waals surface area (Å²) in [6.45, 7) is 5.00. The molecule has 0 radical (unpaired) electrons. The lowest BCUT2D eigenvalue weighted by Gasteiger charge is -2.26. The van der Waals surface area contributed by atoms with E-state index >= 15 is 0 Å². The van der Waals surface area contributed by atoms with E-state index in [0.29, 0.717) is 30.6 Å². The molecule has 2 heterocycles. The number of fused-ring (bicyclic) bond motifs is 1. The summed E-state index contributed by atoms with van der Waals surface area (Å²) in [7, 11) is 0. The first-order chi connectivity index (χ1) is 14.1. The van der Waals surface area contributed by atoms with Gasteiger partial charge in [0.25, 0.3) is 0 Å². The number of benzene rings is 2. The van der Waals surface area contributed by atoms with Crippen LogP contribution in [0, 0.1) is 0 Å². The number of hydrogen-bond donors (Lipinski definition) is 1. The lowest BCUT2D eigenvalue weighted by Crippen LogP contribution is -2.41. The van der Waals surface area contributed by atoms with E-state index in [2.05, 4.69) is 46.7 Å². The van der Waals surface area contributed by atoms with Gasteiger partial charge in [-0.2, -0.15) is 4.80 Å². The number of rotatable bonds is 6. The maximum Gasteiger partial charge on any atom is 0.243 e. The SMILES string of the molecule is CC(C)c1ccc(-c2nnn(CC(=O)NC[C@@H]3COc4ccccc4O3)n2)cc1. The van der Waals surface area contributed by atoms with E-state index in [1.165, 1.54) is 10.4 Å². The number of para-hydroxylation sites is 2. The van der Waals surface area contributed by atoms with Crippen molar-refractivity contribution in [3.05, 3.63) is 54.1 Å². The third kappa shape index (κ3) is 4.53. The van der Waals surface area contributed by atoms with Gasteiger partial charge in [0.05, 0.1) is 6.54 Å². The second kappa shape index (κ2) is 8.30. The monoisotopic (exact) mass is 393 g/mol. The van der Waals surface area contributed by atoms with Gasteiger partial charge >= 0.3 is 0 Å². The summed E-state index contributed by atoms with van der Waals surface area (Å²) in [6.07, 6.45) is -0.243. The van der Waals surface area contributed by atoms with Crippen LogP contribution >= 0.6 is 0 Å². The molecule has 0 saturated heterocycles. The summed E-state index contributed by atoms with van der Waals surface area (Å²) in [5.74, 6) is 2.14. The fourth-order valence-electron chi connectivity index (χ4n) is 3.02. The van der Waals surface area contributed by atoms with Gasteiger partial charge in [0.1, 0.15) is 19.3 Å². The molecule has 0 spiro atoms. The van der Waals surface area contributed by atoms with Crippen molar-refractivity contribution in [3.63, 3.8) is 0 Å². The van der Waals surface area contributed by atoms with Crippen molar-refractivity contribution in [2.75, 3.05) is 13.2 Å². The molecule has 2 aromatic carbocycles. The van der Waals surface area contributed by atoms with Crippen molar-refractivity contribution >= 4 is 5.91 Å². The Morgan fingerprint density at radius 2 is 1.93 bits per heavy atom. The van der Waals surface area contributed by atoms with Crippen LogP contribution in [0.15, 0.2) is 48.5 Å². The largest absolute Gasteiger partial charge is 0.486 e. The van der Waals surface area contributed by atoms with Gasteiger partial charge in [-0.25, -0.2) is 0 Å². The highest BCUT2D eigenvalue weighted by Gasteiger charge is 2.21. The summed E-state index contributed by atoms with van der Waals surface area (Å²) in [5.41, 5.74) is 2.12. The minimum atomic E-state index is -0.243. The van der Waals surface area contributed by atoms with Gasteiger partial charge in [0, 0.05) is 5.56 Å². The molecule has 3 aromatic rings. The van der Waals surface area contributed by atoms with E-state index in [-0.39, 0.29) is 18.6 Å². The van der Waals surface area contributed by atoms with Crippen LogP contribution in [0.3, 0.4) is 0 Å². The minimum Gasteiger partial charge on any atom is -0.486 e. The van der Waals surface area contributed by atoms with Crippen LogP contribution in [0.5, 0.6) is 11.5 Å². The van der Waals surface area contributed by atoms with Crippen molar-refractivity contribution in [3.8, 4) is 22.9 Å². The predicted octanol–water partition coefficient (Wildman–Crippen LogP) is 2.42. The normalized spacial score (nSPS) is 15.3. The van der Waals surface area contributed by atoms with E-state index < -0.39 is 0 Å². The highest BCUT2D eigenvalue weighted by atomic mass is 16.6. The maximum atomic E-state index is 12.2. The van der Waals surface area contributed by atoms with Crippen molar-refractivity contribution in [1.29, 1.82) is 0 Å². The molecular formula is C21H23N5O3. The van der Waals surface area contributed by atoms with E-state index in [4.69, 9.17) is 9.47 Å². The molecule has 8 heteroatoms. The lowest BCUT2D eigenvalue weighted by atomic mass is 10.0. The Hall–Kier alpha value is -3.42. The van der Waals surface area contributed by atoms with Gasteiger partial charge in [-0.3, -0.25) is 4.79 Å². The van der Waals surface area contributed by atoms with Crippen molar-refractivity contribution in [2.24, 2.45) is 0 Å². The van der Waals surface area contributed by atoms with Gasteiger partial charge in [-0.15, -0.1) is 10.2 Å².